The zero-order valence-electron chi connectivity index (χ0n) is 6.90. The zero-order chi connectivity index (χ0) is 9.26. The molecular formula is C10H8O3. The fourth-order valence-corrected chi connectivity index (χ4v) is 1.36. The maximum atomic E-state index is 11.2. The first-order valence-electron chi connectivity index (χ1n) is 4.04. The summed E-state index contributed by atoms with van der Waals surface area (Å²) in [5.74, 6) is 0.466. The first kappa shape index (κ1) is 7.98. The van der Waals surface area contributed by atoms with E-state index in [1.807, 2.05) is 18.2 Å². The Balaban J connectivity index is 2.38. The number of Topliss-reactive ketones (excluding diaryl/α,β-unsaturated/α-hetero) is 1. The van der Waals surface area contributed by atoms with Gasteiger partial charge in [0.05, 0.1) is 0 Å². The van der Waals surface area contributed by atoms with Gasteiger partial charge in [0.1, 0.15) is 5.75 Å². The summed E-state index contributed by atoms with van der Waals surface area (Å²) in [5, 5.41) is 0. The van der Waals surface area contributed by atoms with Crippen molar-refractivity contribution in [3.63, 3.8) is 0 Å². The Morgan fingerprint density at radius 1 is 1.38 bits per heavy atom. The minimum atomic E-state index is -0.908. The number of ether oxygens (including phenoxy) is 1. The van der Waals surface area contributed by atoms with E-state index in [-0.39, 0.29) is 5.78 Å². The molecule has 0 spiro atoms. The quantitative estimate of drug-likeness (QED) is 0.468. The Morgan fingerprint density at radius 3 is 2.92 bits per heavy atom. The summed E-state index contributed by atoms with van der Waals surface area (Å²) in [6.07, 6.45) is -0.0763. The van der Waals surface area contributed by atoms with Gasteiger partial charge in [0.15, 0.2) is 12.1 Å². The van der Waals surface area contributed by atoms with Crippen LogP contribution in [-0.4, -0.2) is 18.2 Å². The van der Waals surface area contributed by atoms with Crippen LogP contribution in [0.5, 0.6) is 5.75 Å². The van der Waals surface area contributed by atoms with E-state index in [2.05, 4.69) is 0 Å². The summed E-state index contributed by atoms with van der Waals surface area (Å²) in [6.45, 7) is 0. The van der Waals surface area contributed by atoms with E-state index in [1.165, 1.54) is 0 Å². The van der Waals surface area contributed by atoms with Gasteiger partial charge < -0.3 is 4.74 Å². The molecule has 0 unspecified atom stereocenters. The van der Waals surface area contributed by atoms with Gasteiger partial charge in [-0.25, -0.2) is 0 Å². The molecule has 0 N–H and O–H groups in total. The molecule has 3 heteroatoms. The van der Waals surface area contributed by atoms with Gasteiger partial charge in [-0.1, -0.05) is 18.2 Å². The van der Waals surface area contributed by atoms with Crippen molar-refractivity contribution in [2.24, 2.45) is 0 Å². The highest BCUT2D eigenvalue weighted by molar-refractivity contribution is 5.99. The molecule has 13 heavy (non-hydrogen) atoms. The van der Waals surface area contributed by atoms with Gasteiger partial charge in [-0.05, 0) is 6.07 Å². The lowest BCUT2D eigenvalue weighted by atomic mass is 10.0. The van der Waals surface area contributed by atoms with Crippen LogP contribution < -0.4 is 4.74 Å². The average Bonchev–Trinajstić information content (AvgIpc) is 2.17. The molecule has 0 radical (unpaired) electrons. The van der Waals surface area contributed by atoms with E-state index in [0.717, 1.165) is 5.56 Å². The lowest BCUT2D eigenvalue weighted by Crippen LogP contribution is -2.34. The third-order valence-corrected chi connectivity index (χ3v) is 2.03. The number of ketones is 1. The monoisotopic (exact) mass is 176 g/mol. The average molecular weight is 176 g/mol. The van der Waals surface area contributed by atoms with Crippen molar-refractivity contribution in [1.82, 2.24) is 0 Å². The molecular weight excluding hydrogens is 168 g/mol. The summed E-state index contributed by atoms with van der Waals surface area (Å²) in [4.78, 5) is 21.7. The van der Waals surface area contributed by atoms with Gasteiger partial charge in [0, 0.05) is 12.0 Å². The van der Waals surface area contributed by atoms with Crippen LogP contribution >= 0.6 is 0 Å². The highest BCUT2D eigenvalue weighted by atomic mass is 16.5. The Labute approximate surface area is 75.3 Å². The third-order valence-electron chi connectivity index (χ3n) is 2.03. The lowest BCUT2D eigenvalue weighted by molar-refractivity contribution is -0.131. The maximum Gasteiger partial charge on any atom is 0.212 e. The molecule has 0 bridgehead atoms. The van der Waals surface area contributed by atoms with E-state index in [1.54, 1.807) is 6.07 Å². The molecule has 1 aromatic rings. The summed E-state index contributed by atoms with van der Waals surface area (Å²) in [6, 6.07) is 7.25. The molecule has 1 aromatic carbocycles. The van der Waals surface area contributed by atoms with Crippen molar-refractivity contribution in [2.75, 3.05) is 0 Å². The number of rotatable bonds is 1. The topological polar surface area (TPSA) is 43.4 Å². The van der Waals surface area contributed by atoms with Crippen molar-refractivity contribution >= 4 is 12.1 Å². The molecule has 0 aliphatic carbocycles. The number of hydrogen-bond acceptors (Lipinski definition) is 3. The van der Waals surface area contributed by atoms with Crippen molar-refractivity contribution in [2.45, 2.75) is 12.5 Å². The molecule has 0 saturated carbocycles. The highest BCUT2D eigenvalue weighted by Gasteiger charge is 2.26. The maximum absolute atomic E-state index is 11.2. The Hall–Kier alpha value is -1.64. The van der Waals surface area contributed by atoms with Crippen molar-refractivity contribution in [3.8, 4) is 5.75 Å². The SMILES string of the molecule is O=C[C@H]1Oc2ccccc2CC1=O. The van der Waals surface area contributed by atoms with E-state index < -0.39 is 6.10 Å². The van der Waals surface area contributed by atoms with Crippen LogP contribution in [0.1, 0.15) is 5.56 Å². The number of carbonyl (C=O) groups excluding carboxylic acids is 2. The molecule has 1 atom stereocenters. The minimum Gasteiger partial charge on any atom is -0.475 e. The normalized spacial score (nSPS) is 20.3. The van der Waals surface area contributed by atoms with Crippen LogP contribution in [0.2, 0.25) is 0 Å². The van der Waals surface area contributed by atoms with Gasteiger partial charge >= 0.3 is 0 Å². The lowest BCUT2D eigenvalue weighted by Gasteiger charge is -2.20. The Bertz CT molecular complexity index is 357. The number of hydrogen-bond donors (Lipinski definition) is 0. The summed E-state index contributed by atoms with van der Waals surface area (Å²) < 4.78 is 5.18. The zero-order valence-corrected chi connectivity index (χ0v) is 6.90. The van der Waals surface area contributed by atoms with Crippen LogP contribution in [0, 0.1) is 0 Å². The van der Waals surface area contributed by atoms with Gasteiger partial charge in [-0.2, -0.15) is 0 Å². The van der Waals surface area contributed by atoms with Gasteiger partial charge in [0.2, 0.25) is 6.10 Å². The van der Waals surface area contributed by atoms with Crippen LogP contribution in [0.15, 0.2) is 24.3 Å². The molecule has 1 aliphatic heterocycles. The first-order valence-corrected chi connectivity index (χ1v) is 4.04. The molecule has 2 rings (SSSR count). The third kappa shape index (κ3) is 1.33. The molecule has 0 amide bonds. The molecule has 1 heterocycles. The fourth-order valence-electron chi connectivity index (χ4n) is 1.36. The van der Waals surface area contributed by atoms with E-state index in [0.29, 0.717) is 18.5 Å². The van der Waals surface area contributed by atoms with Crippen molar-refractivity contribution < 1.29 is 14.3 Å². The number of benzene rings is 1. The summed E-state index contributed by atoms with van der Waals surface area (Å²) in [7, 11) is 0. The van der Waals surface area contributed by atoms with Crippen LogP contribution in [-0.2, 0) is 16.0 Å². The Kier molecular flexibility index (Phi) is 1.85. The fraction of sp³-hybridized carbons (Fsp3) is 0.200. The largest absolute Gasteiger partial charge is 0.475 e. The molecule has 0 saturated heterocycles. The molecule has 1 aliphatic rings. The predicted octanol–water partition coefficient (Wildman–Crippen LogP) is 0.758. The Morgan fingerprint density at radius 2 is 2.15 bits per heavy atom. The number of carbonyl (C=O) groups is 2. The van der Waals surface area contributed by atoms with Gasteiger partial charge in [-0.15, -0.1) is 0 Å². The van der Waals surface area contributed by atoms with E-state index in [9.17, 15) is 9.59 Å². The van der Waals surface area contributed by atoms with E-state index >= 15 is 0 Å². The second-order valence-corrected chi connectivity index (χ2v) is 2.93. The second kappa shape index (κ2) is 3.01. The van der Waals surface area contributed by atoms with Gasteiger partial charge in [0.25, 0.3) is 0 Å². The molecule has 0 fully saturated rings. The first-order chi connectivity index (χ1) is 6.31. The summed E-state index contributed by atoms with van der Waals surface area (Å²) in [5.41, 5.74) is 0.852. The van der Waals surface area contributed by atoms with Crippen LogP contribution in [0.4, 0.5) is 0 Å². The number of para-hydroxylation sites is 1. The predicted molar refractivity (Wildman–Crippen MR) is 45.6 cm³/mol. The summed E-state index contributed by atoms with van der Waals surface area (Å²) >= 11 is 0. The molecule has 66 valence electrons. The number of aldehydes is 1. The second-order valence-electron chi connectivity index (χ2n) is 2.93. The molecule has 3 nitrogen and oxygen atoms in total. The highest BCUT2D eigenvalue weighted by Crippen LogP contribution is 2.24. The van der Waals surface area contributed by atoms with E-state index in [4.69, 9.17) is 4.74 Å². The smallest absolute Gasteiger partial charge is 0.212 e. The standard InChI is InChI=1S/C10H8O3/c11-6-10-8(12)5-7-3-1-2-4-9(7)13-10/h1-4,6,10H,5H2/t10-/m1/s1. The van der Waals surface area contributed by atoms with Crippen molar-refractivity contribution in [3.05, 3.63) is 29.8 Å². The number of fused-ring (bicyclic) bond motifs is 1. The minimum absolute atomic E-state index is 0.172. The van der Waals surface area contributed by atoms with Crippen LogP contribution in [0.3, 0.4) is 0 Å². The molecule has 0 aromatic heterocycles. The van der Waals surface area contributed by atoms with Gasteiger partial charge in [-0.3, -0.25) is 9.59 Å². The van der Waals surface area contributed by atoms with Crippen LogP contribution in [0.25, 0.3) is 0 Å². The van der Waals surface area contributed by atoms with Crippen molar-refractivity contribution in [1.29, 1.82) is 0 Å².